The Hall–Kier alpha value is -2.87. The van der Waals surface area contributed by atoms with Crippen LogP contribution in [0.25, 0.3) is 0 Å². The van der Waals surface area contributed by atoms with E-state index in [4.69, 9.17) is 4.74 Å². The van der Waals surface area contributed by atoms with Crippen molar-refractivity contribution in [1.82, 2.24) is 5.43 Å². The molecular formula is C24H31N3O4S. The van der Waals surface area contributed by atoms with E-state index in [2.05, 4.69) is 10.5 Å². The number of carbonyl (C=O) groups is 1. The molecule has 0 atom stereocenters. The lowest BCUT2D eigenvalue weighted by Gasteiger charge is -2.25. The zero-order valence-electron chi connectivity index (χ0n) is 18.7. The number of hydrazone groups is 1. The number of anilines is 1. The van der Waals surface area contributed by atoms with Crippen LogP contribution in [0.5, 0.6) is 5.75 Å². The van der Waals surface area contributed by atoms with Crippen LogP contribution in [0.1, 0.15) is 50.5 Å². The smallest absolute Gasteiger partial charge is 0.264 e. The van der Waals surface area contributed by atoms with E-state index in [1.807, 2.05) is 6.92 Å². The highest BCUT2D eigenvalue weighted by Gasteiger charge is 2.29. The first-order valence-corrected chi connectivity index (χ1v) is 12.4. The van der Waals surface area contributed by atoms with Crippen molar-refractivity contribution in [3.05, 3.63) is 54.1 Å². The SMILES string of the molecule is COc1ccccc1N(CC(=O)NN=C1CCCCCCC1)S(=O)(=O)c1ccc(C)cc1. The minimum absolute atomic E-state index is 0.105. The number of hydrogen-bond donors (Lipinski definition) is 1. The van der Waals surface area contributed by atoms with Crippen molar-refractivity contribution in [2.24, 2.45) is 5.10 Å². The second kappa shape index (κ2) is 11.1. The van der Waals surface area contributed by atoms with Crippen molar-refractivity contribution >= 4 is 27.3 Å². The van der Waals surface area contributed by atoms with E-state index in [0.29, 0.717) is 11.4 Å². The Morgan fingerprint density at radius 1 is 1.00 bits per heavy atom. The molecule has 0 heterocycles. The lowest BCUT2D eigenvalue weighted by atomic mass is 9.99. The molecule has 3 rings (SSSR count). The number of nitrogens with zero attached hydrogens (tertiary/aromatic N) is 2. The molecule has 0 spiro atoms. The third kappa shape index (κ3) is 6.09. The summed E-state index contributed by atoms with van der Waals surface area (Å²) in [5, 5.41) is 4.30. The second-order valence-corrected chi connectivity index (χ2v) is 9.84. The van der Waals surface area contributed by atoms with Gasteiger partial charge in [-0.15, -0.1) is 0 Å². The zero-order chi connectivity index (χ0) is 23.0. The number of ether oxygens (including phenoxy) is 1. The van der Waals surface area contributed by atoms with Gasteiger partial charge in [-0.25, -0.2) is 13.8 Å². The average molecular weight is 458 g/mol. The number of para-hydroxylation sites is 2. The first kappa shape index (κ1) is 23.8. The van der Waals surface area contributed by atoms with Gasteiger partial charge in [0.25, 0.3) is 15.9 Å². The van der Waals surface area contributed by atoms with Gasteiger partial charge in [0, 0.05) is 5.71 Å². The average Bonchev–Trinajstić information content (AvgIpc) is 2.77. The van der Waals surface area contributed by atoms with E-state index in [1.54, 1.807) is 48.5 Å². The minimum Gasteiger partial charge on any atom is -0.495 e. The fraction of sp³-hybridized carbons (Fsp3) is 0.417. The van der Waals surface area contributed by atoms with Gasteiger partial charge >= 0.3 is 0 Å². The van der Waals surface area contributed by atoms with Gasteiger partial charge in [0.1, 0.15) is 12.3 Å². The highest BCUT2D eigenvalue weighted by atomic mass is 32.2. The summed E-state index contributed by atoms with van der Waals surface area (Å²) in [6, 6.07) is 13.3. The Kier molecular flexibility index (Phi) is 8.27. The summed E-state index contributed by atoms with van der Waals surface area (Å²) in [7, 11) is -2.54. The van der Waals surface area contributed by atoms with Crippen molar-refractivity contribution in [3.8, 4) is 5.75 Å². The van der Waals surface area contributed by atoms with Gasteiger partial charge in [-0.2, -0.15) is 5.10 Å². The maximum atomic E-state index is 13.5. The highest BCUT2D eigenvalue weighted by molar-refractivity contribution is 7.92. The number of benzene rings is 2. The summed E-state index contributed by atoms with van der Waals surface area (Å²) >= 11 is 0. The van der Waals surface area contributed by atoms with Crippen molar-refractivity contribution in [3.63, 3.8) is 0 Å². The Balaban J connectivity index is 1.87. The molecule has 0 aliphatic heterocycles. The van der Waals surface area contributed by atoms with E-state index in [-0.39, 0.29) is 4.90 Å². The van der Waals surface area contributed by atoms with Gasteiger partial charge in [0.05, 0.1) is 17.7 Å². The molecule has 0 saturated heterocycles. The van der Waals surface area contributed by atoms with Crippen LogP contribution < -0.4 is 14.5 Å². The van der Waals surface area contributed by atoms with Crippen LogP contribution in [0.4, 0.5) is 5.69 Å². The second-order valence-electron chi connectivity index (χ2n) is 7.98. The van der Waals surface area contributed by atoms with Crippen molar-refractivity contribution < 1.29 is 17.9 Å². The first-order valence-electron chi connectivity index (χ1n) is 11.0. The van der Waals surface area contributed by atoms with Crippen LogP contribution in [0.15, 0.2) is 58.5 Å². The minimum atomic E-state index is -4.01. The summed E-state index contributed by atoms with van der Waals surface area (Å²) in [5.41, 5.74) is 4.78. The molecule has 1 N–H and O–H groups in total. The summed E-state index contributed by atoms with van der Waals surface area (Å²) in [5.74, 6) is -0.136. The molecule has 32 heavy (non-hydrogen) atoms. The Morgan fingerprint density at radius 2 is 1.62 bits per heavy atom. The van der Waals surface area contributed by atoms with E-state index in [9.17, 15) is 13.2 Å². The monoisotopic (exact) mass is 457 g/mol. The van der Waals surface area contributed by atoms with E-state index in [1.165, 1.54) is 26.4 Å². The van der Waals surface area contributed by atoms with Gasteiger partial charge in [-0.05, 0) is 56.9 Å². The number of amides is 1. The van der Waals surface area contributed by atoms with E-state index < -0.39 is 22.5 Å². The molecular weight excluding hydrogens is 426 g/mol. The molecule has 2 aromatic rings. The molecule has 8 heteroatoms. The van der Waals surface area contributed by atoms with Crippen molar-refractivity contribution in [2.75, 3.05) is 18.0 Å². The number of nitrogens with one attached hydrogen (secondary N) is 1. The molecule has 0 unspecified atom stereocenters. The maximum Gasteiger partial charge on any atom is 0.264 e. The first-order chi connectivity index (χ1) is 15.4. The highest BCUT2D eigenvalue weighted by Crippen LogP contribution is 2.32. The zero-order valence-corrected chi connectivity index (χ0v) is 19.5. The van der Waals surface area contributed by atoms with Gasteiger partial charge in [-0.3, -0.25) is 9.10 Å². The van der Waals surface area contributed by atoms with Crippen LogP contribution in [0, 0.1) is 6.92 Å². The Bertz CT molecular complexity index is 1040. The third-order valence-corrected chi connectivity index (χ3v) is 7.29. The number of methoxy groups -OCH3 is 1. The molecule has 7 nitrogen and oxygen atoms in total. The van der Waals surface area contributed by atoms with Crippen LogP contribution in [-0.2, 0) is 14.8 Å². The summed E-state index contributed by atoms with van der Waals surface area (Å²) < 4.78 is 33.4. The van der Waals surface area contributed by atoms with E-state index in [0.717, 1.165) is 41.3 Å². The molecule has 1 aliphatic carbocycles. The normalized spacial score (nSPS) is 14.8. The fourth-order valence-electron chi connectivity index (χ4n) is 3.71. The predicted molar refractivity (Wildman–Crippen MR) is 127 cm³/mol. The molecule has 0 aromatic heterocycles. The fourth-order valence-corrected chi connectivity index (χ4v) is 5.14. The van der Waals surface area contributed by atoms with Gasteiger partial charge in [0.2, 0.25) is 0 Å². The molecule has 2 aromatic carbocycles. The summed E-state index contributed by atoms with van der Waals surface area (Å²) in [6.45, 7) is 1.48. The summed E-state index contributed by atoms with van der Waals surface area (Å²) in [6.07, 6.45) is 7.42. The van der Waals surface area contributed by atoms with Crippen molar-refractivity contribution in [2.45, 2.75) is 56.8 Å². The molecule has 1 fully saturated rings. The predicted octanol–water partition coefficient (Wildman–Crippen LogP) is 4.42. The number of rotatable bonds is 7. The van der Waals surface area contributed by atoms with Crippen LogP contribution in [-0.4, -0.2) is 33.7 Å². The lowest BCUT2D eigenvalue weighted by molar-refractivity contribution is -0.119. The number of sulfonamides is 1. The Labute approximate surface area is 190 Å². The third-order valence-electron chi connectivity index (χ3n) is 5.52. The summed E-state index contributed by atoms with van der Waals surface area (Å²) in [4.78, 5) is 12.9. The van der Waals surface area contributed by atoms with Gasteiger partial charge in [-0.1, -0.05) is 49.1 Å². The molecule has 1 aliphatic rings. The van der Waals surface area contributed by atoms with E-state index >= 15 is 0 Å². The quantitative estimate of drug-likeness (QED) is 0.624. The number of aryl methyl sites for hydroxylation is 1. The molecule has 1 saturated carbocycles. The lowest BCUT2D eigenvalue weighted by Crippen LogP contribution is -2.40. The number of hydrogen-bond acceptors (Lipinski definition) is 5. The van der Waals surface area contributed by atoms with Crippen LogP contribution in [0.3, 0.4) is 0 Å². The van der Waals surface area contributed by atoms with Gasteiger partial charge in [0.15, 0.2) is 0 Å². The topological polar surface area (TPSA) is 88.1 Å². The molecule has 0 radical (unpaired) electrons. The molecule has 172 valence electrons. The van der Waals surface area contributed by atoms with Crippen LogP contribution >= 0.6 is 0 Å². The molecule has 0 bridgehead atoms. The van der Waals surface area contributed by atoms with Crippen molar-refractivity contribution in [1.29, 1.82) is 0 Å². The van der Waals surface area contributed by atoms with Gasteiger partial charge < -0.3 is 4.74 Å². The number of carbonyl (C=O) groups excluding carboxylic acids is 1. The largest absolute Gasteiger partial charge is 0.495 e. The maximum absolute atomic E-state index is 13.5. The standard InChI is InChI=1S/C24H31N3O4S/c1-19-14-16-21(17-15-19)32(29,30)27(22-12-8-9-13-23(22)31-2)18-24(28)26-25-20-10-6-4-3-5-7-11-20/h8-9,12-17H,3-7,10-11,18H2,1-2H3,(H,26,28). The Morgan fingerprint density at radius 3 is 2.28 bits per heavy atom. The van der Waals surface area contributed by atoms with Crippen LogP contribution in [0.2, 0.25) is 0 Å². The molecule has 1 amide bonds.